The smallest absolute Gasteiger partial charge is 0.245 e. The van der Waals surface area contributed by atoms with Gasteiger partial charge in [-0.3, -0.25) is 0 Å². The fourth-order valence-corrected chi connectivity index (χ4v) is 1.54. The average molecular weight is 231 g/mol. The Morgan fingerprint density at radius 1 is 1.24 bits per heavy atom. The highest BCUT2D eigenvalue weighted by Gasteiger charge is 2.04. The van der Waals surface area contributed by atoms with E-state index in [9.17, 15) is 0 Å². The Morgan fingerprint density at radius 2 is 2.00 bits per heavy atom. The van der Waals surface area contributed by atoms with E-state index in [0.29, 0.717) is 12.4 Å². The lowest BCUT2D eigenvalue weighted by molar-refractivity contribution is 0.377. The maximum absolute atomic E-state index is 5.14. The Labute approximate surface area is 101 Å². The highest BCUT2D eigenvalue weighted by Crippen LogP contribution is 2.10. The Bertz CT molecular complexity index is 462. The molecule has 0 saturated carbocycles. The zero-order valence-corrected chi connectivity index (χ0v) is 10.2. The van der Waals surface area contributed by atoms with Crippen LogP contribution in [0.5, 0.6) is 0 Å². The normalized spacial score (nSPS) is 10.5. The molecule has 0 radical (unpaired) electrons. The molecule has 0 aliphatic heterocycles. The lowest BCUT2D eigenvalue weighted by atomic mass is 10.2. The van der Waals surface area contributed by atoms with Crippen LogP contribution in [0.3, 0.4) is 0 Å². The summed E-state index contributed by atoms with van der Waals surface area (Å²) in [4.78, 5) is 4.29. The van der Waals surface area contributed by atoms with Crippen molar-refractivity contribution in [2.75, 3.05) is 5.32 Å². The van der Waals surface area contributed by atoms with Crippen molar-refractivity contribution in [2.45, 2.75) is 33.2 Å². The zero-order valence-electron chi connectivity index (χ0n) is 10.2. The highest BCUT2D eigenvalue weighted by molar-refractivity contribution is 5.44. The second-order valence-corrected chi connectivity index (χ2v) is 4.07. The minimum atomic E-state index is 0.569. The van der Waals surface area contributed by atoms with Crippen LogP contribution in [0.1, 0.15) is 30.6 Å². The van der Waals surface area contributed by atoms with Gasteiger partial charge in [-0.05, 0) is 25.5 Å². The van der Waals surface area contributed by atoms with Gasteiger partial charge in [-0.2, -0.15) is 4.98 Å². The molecule has 1 aromatic carbocycles. The maximum Gasteiger partial charge on any atom is 0.245 e. The van der Waals surface area contributed by atoms with Crippen molar-refractivity contribution >= 4 is 5.69 Å². The van der Waals surface area contributed by atoms with E-state index in [2.05, 4.69) is 41.4 Å². The summed E-state index contributed by atoms with van der Waals surface area (Å²) in [6.45, 7) is 4.74. The maximum atomic E-state index is 5.14. The van der Waals surface area contributed by atoms with E-state index in [1.165, 1.54) is 5.56 Å². The van der Waals surface area contributed by atoms with Crippen LogP contribution >= 0.6 is 0 Å². The first-order valence-electron chi connectivity index (χ1n) is 5.90. The first-order valence-corrected chi connectivity index (χ1v) is 5.90. The van der Waals surface area contributed by atoms with E-state index in [4.69, 9.17) is 4.52 Å². The molecule has 0 atom stereocenters. The minimum absolute atomic E-state index is 0.569. The summed E-state index contributed by atoms with van der Waals surface area (Å²) in [6.07, 6.45) is 1.90. The van der Waals surface area contributed by atoms with Gasteiger partial charge in [-0.15, -0.1) is 0 Å². The molecule has 1 aromatic heterocycles. The lowest BCUT2D eigenvalue weighted by Crippen LogP contribution is -1.99. The molecule has 0 spiro atoms. The second-order valence-electron chi connectivity index (χ2n) is 4.07. The number of nitrogens with one attached hydrogen (secondary N) is 1. The molecule has 17 heavy (non-hydrogen) atoms. The van der Waals surface area contributed by atoms with Crippen molar-refractivity contribution in [3.05, 3.63) is 41.5 Å². The number of hydrogen-bond donors (Lipinski definition) is 1. The quantitative estimate of drug-likeness (QED) is 0.859. The molecule has 90 valence electrons. The van der Waals surface area contributed by atoms with Crippen LogP contribution in [0.25, 0.3) is 0 Å². The van der Waals surface area contributed by atoms with Gasteiger partial charge in [-0.1, -0.05) is 29.8 Å². The topological polar surface area (TPSA) is 51.0 Å². The van der Waals surface area contributed by atoms with Gasteiger partial charge in [0.15, 0.2) is 5.82 Å². The molecular weight excluding hydrogens is 214 g/mol. The summed E-state index contributed by atoms with van der Waals surface area (Å²) in [5.41, 5.74) is 2.31. The van der Waals surface area contributed by atoms with Gasteiger partial charge in [0, 0.05) is 12.1 Å². The van der Waals surface area contributed by atoms with Gasteiger partial charge in [-0.25, -0.2) is 0 Å². The standard InChI is InChI=1S/C13H17N3O/c1-3-4-12-15-13(17-16-12)9-14-11-7-5-10(2)6-8-11/h5-8,14H,3-4,9H2,1-2H3. The van der Waals surface area contributed by atoms with Crippen molar-refractivity contribution in [3.8, 4) is 0 Å². The van der Waals surface area contributed by atoms with Crippen LogP contribution < -0.4 is 5.32 Å². The largest absolute Gasteiger partial charge is 0.376 e. The van der Waals surface area contributed by atoms with Gasteiger partial charge >= 0.3 is 0 Å². The summed E-state index contributed by atoms with van der Waals surface area (Å²) < 4.78 is 5.14. The number of anilines is 1. The van der Waals surface area contributed by atoms with E-state index in [1.54, 1.807) is 0 Å². The summed E-state index contributed by atoms with van der Waals surface area (Å²) in [6, 6.07) is 8.22. The molecule has 4 heteroatoms. The Balaban J connectivity index is 1.90. The molecule has 0 unspecified atom stereocenters. The third-order valence-corrected chi connectivity index (χ3v) is 2.48. The summed E-state index contributed by atoms with van der Waals surface area (Å²) >= 11 is 0. The molecule has 0 fully saturated rings. The first-order chi connectivity index (χ1) is 8.28. The number of hydrogen-bond acceptors (Lipinski definition) is 4. The molecule has 0 saturated heterocycles. The molecule has 1 N–H and O–H groups in total. The lowest BCUT2D eigenvalue weighted by Gasteiger charge is -2.02. The molecule has 2 aromatic rings. The van der Waals surface area contributed by atoms with Crippen molar-refractivity contribution in [3.63, 3.8) is 0 Å². The van der Waals surface area contributed by atoms with E-state index in [-0.39, 0.29) is 0 Å². The molecule has 0 aliphatic rings. The third-order valence-electron chi connectivity index (χ3n) is 2.48. The number of nitrogens with zero attached hydrogens (tertiary/aromatic N) is 2. The number of rotatable bonds is 5. The monoisotopic (exact) mass is 231 g/mol. The van der Waals surface area contributed by atoms with Crippen LogP contribution in [-0.2, 0) is 13.0 Å². The third kappa shape index (κ3) is 3.31. The Hall–Kier alpha value is -1.84. The van der Waals surface area contributed by atoms with Crippen LogP contribution in [-0.4, -0.2) is 10.1 Å². The van der Waals surface area contributed by atoms with E-state index >= 15 is 0 Å². The number of aryl methyl sites for hydroxylation is 2. The summed E-state index contributed by atoms with van der Waals surface area (Å²) in [7, 11) is 0. The van der Waals surface area contributed by atoms with E-state index in [1.807, 2.05) is 12.1 Å². The van der Waals surface area contributed by atoms with Gasteiger partial charge in [0.2, 0.25) is 5.89 Å². The second kappa shape index (κ2) is 5.48. The molecule has 2 rings (SSSR count). The molecule has 4 nitrogen and oxygen atoms in total. The van der Waals surface area contributed by atoms with Crippen LogP contribution in [0.4, 0.5) is 5.69 Å². The van der Waals surface area contributed by atoms with Crippen molar-refractivity contribution in [2.24, 2.45) is 0 Å². The fourth-order valence-electron chi connectivity index (χ4n) is 1.54. The fraction of sp³-hybridized carbons (Fsp3) is 0.385. The predicted molar refractivity (Wildman–Crippen MR) is 66.8 cm³/mol. The molecular formula is C13H17N3O. The van der Waals surface area contributed by atoms with Gasteiger partial charge in [0.05, 0.1) is 6.54 Å². The molecule has 0 bridgehead atoms. The summed E-state index contributed by atoms with van der Waals surface area (Å²) in [5, 5.41) is 7.15. The van der Waals surface area contributed by atoms with Gasteiger partial charge < -0.3 is 9.84 Å². The predicted octanol–water partition coefficient (Wildman–Crippen LogP) is 2.94. The van der Waals surface area contributed by atoms with Gasteiger partial charge in [0.1, 0.15) is 0 Å². The van der Waals surface area contributed by atoms with E-state index < -0.39 is 0 Å². The Kier molecular flexibility index (Phi) is 3.75. The zero-order chi connectivity index (χ0) is 12.1. The van der Waals surface area contributed by atoms with Gasteiger partial charge in [0.25, 0.3) is 0 Å². The first kappa shape index (κ1) is 11.6. The van der Waals surface area contributed by atoms with Crippen molar-refractivity contribution in [1.29, 1.82) is 0 Å². The SMILES string of the molecule is CCCc1noc(CNc2ccc(C)cc2)n1. The van der Waals surface area contributed by atoms with Crippen molar-refractivity contribution in [1.82, 2.24) is 10.1 Å². The Morgan fingerprint density at radius 3 is 2.71 bits per heavy atom. The summed E-state index contributed by atoms with van der Waals surface area (Å²) in [5.74, 6) is 1.42. The van der Waals surface area contributed by atoms with Crippen molar-refractivity contribution < 1.29 is 4.52 Å². The van der Waals surface area contributed by atoms with Crippen LogP contribution in [0.15, 0.2) is 28.8 Å². The number of benzene rings is 1. The number of aromatic nitrogens is 2. The molecule has 0 aliphatic carbocycles. The van der Waals surface area contributed by atoms with Crippen LogP contribution in [0.2, 0.25) is 0 Å². The average Bonchev–Trinajstić information content (AvgIpc) is 2.77. The minimum Gasteiger partial charge on any atom is -0.376 e. The molecule has 1 heterocycles. The van der Waals surface area contributed by atoms with E-state index in [0.717, 1.165) is 24.4 Å². The van der Waals surface area contributed by atoms with Crippen LogP contribution in [0, 0.1) is 6.92 Å². The molecule has 0 amide bonds. The highest BCUT2D eigenvalue weighted by atomic mass is 16.5.